The molecule has 2 aromatic heterocycles. The Morgan fingerprint density at radius 3 is 2.58 bits per heavy atom. The van der Waals surface area contributed by atoms with Crippen LogP contribution in [0, 0.1) is 11.4 Å². The van der Waals surface area contributed by atoms with Crippen molar-refractivity contribution in [1.82, 2.24) is 14.8 Å². The van der Waals surface area contributed by atoms with E-state index in [1.807, 2.05) is 30.3 Å². The van der Waals surface area contributed by atoms with E-state index in [-0.39, 0.29) is 11.3 Å². The molecule has 1 saturated carbocycles. The second kappa shape index (κ2) is 5.76. The van der Waals surface area contributed by atoms with Crippen LogP contribution in [-0.2, 0) is 10.2 Å². The van der Waals surface area contributed by atoms with E-state index >= 15 is 0 Å². The molecule has 4 rings (SSSR count). The summed E-state index contributed by atoms with van der Waals surface area (Å²) in [6.07, 6.45) is 3.84. The molecule has 0 aliphatic heterocycles. The molecule has 1 unspecified atom stereocenters. The van der Waals surface area contributed by atoms with Gasteiger partial charge in [0.05, 0.1) is 11.1 Å². The van der Waals surface area contributed by atoms with Crippen molar-refractivity contribution in [2.24, 2.45) is 5.41 Å². The number of hydrogen-bond acceptors (Lipinski definition) is 3. The zero-order valence-corrected chi connectivity index (χ0v) is 14.6. The Hall–Kier alpha value is -3.02. The standard InChI is InChI=1S/C20H19FN4O/c1-19(2)13-20(19,14-6-4-3-5-7-14)18(26)23-17-9-11-25(24-17)15-8-10-22-16(21)12-15/h3-12H,13H2,1-2H3,(H,23,24,26). The number of anilines is 1. The fraction of sp³-hybridized carbons (Fsp3) is 0.250. The summed E-state index contributed by atoms with van der Waals surface area (Å²) in [6.45, 7) is 4.19. The first-order chi connectivity index (χ1) is 12.4. The molecule has 1 amide bonds. The van der Waals surface area contributed by atoms with Crippen LogP contribution in [0.5, 0.6) is 0 Å². The van der Waals surface area contributed by atoms with E-state index in [1.165, 1.54) is 16.9 Å². The quantitative estimate of drug-likeness (QED) is 0.730. The number of pyridine rings is 1. The minimum Gasteiger partial charge on any atom is -0.308 e. The van der Waals surface area contributed by atoms with Gasteiger partial charge in [0.2, 0.25) is 11.9 Å². The topological polar surface area (TPSA) is 59.8 Å². The molecule has 1 aromatic carbocycles. The van der Waals surface area contributed by atoms with Crippen LogP contribution >= 0.6 is 0 Å². The highest BCUT2D eigenvalue weighted by Gasteiger charge is 2.67. The van der Waals surface area contributed by atoms with Crippen LogP contribution in [0.2, 0.25) is 0 Å². The Bertz CT molecular complexity index is 967. The highest BCUT2D eigenvalue weighted by Crippen LogP contribution is 2.64. The molecule has 5 nitrogen and oxygen atoms in total. The molecule has 0 spiro atoms. The molecule has 1 fully saturated rings. The number of halogens is 1. The number of benzene rings is 1. The number of carbonyl (C=O) groups excluding carboxylic acids is 1. The average molecular weight is 350 g/mol. The highest BCUT2D eigenvalue weighted by atomic mass is 19.1. The van der Waals surface area contributed by atoms with Crippen LogP contribution in [0.25, 0.3) is 5.69 Å². The lowest BCUT2D eigenvalue weighted by atomic mass is 9.87. The third-order valence-electron chi connectivity index (χ3n) is 5.20. The van der Waals surface area contributed by atoms with E-state index in [4.69, 9.17) is 0 Å². The zero-order chi connectivity index (χ0) is 18.4. The number of amides is 1. The van der Waals surface area contributed by atoms with Crippen molar-refractivity contribution < 1.29 is 9.18 Å². The minimum absolute atomic E-state index is 0.0696. The SMILES string of the molecule is CC1(C)CC1(C(=O)Nc1ccn(-c2ccnc(F)c2)n1)c1ccccc1. The second-order valence-electron chi connectivity index (χ2n) is 7.27. The average Bonchev–Trinajstić information content (AvgIpc) is 2.98. The molecule has 132 valence electrons. The van der Waals surface area contributed by atoms with Crippen molar-refractivity contribution in [3.8, 4) is 5.69 Å². The van der Waals surface area contributed by atoms with Gasteiger partial charge in [-0.25, -0.2) is 9.67 Å². The lowest BCUT2D eigenvalue weighted by molar-refractivity contribution is -0.119. The summed E-state index contributed by atoms with van der Waals surface area (Å²) in [5.74, 6) is -0.212. The van der Waals surface area contributed by atoms with Gasteiger partial charge in [-0.1, -0.05) is 44.2 Å². The zero-order valence-electron chi connectivity index (χ0n) is 14.6. The molecule has 6 heteroatoms. The summed E-state index contributed by atoms with van der Waals surface area (Å²) in [6, 6.07) is 14.5. The van der Waals surface area contributed by atoms with Crippen LogP contribution in [0.4, 0.5) is 10.2 Å². The van der Waals surface area contributed by atoms with Gasteiger partial charge in [0, 0.05) is 24.5 Å². The van der Waals surface area contributed by atoms with E-state index in [9.17, 15) is 9.18 Å². The van der Waals surface area contributed by atoms with E-state index < -0.39 is 11.4 Å². The second-order valence-corrected chi connectivity index (χ2v) is 7.27. The molecule has 0 saturated heterocycles. The fourth-order valence-electron chi connectivity index (χ4n) is 3.65. The summed E-state index contributed by atoms with van der Waals surface area (Å²) in [5, 5.41) is 7.26. The first kappa shape index (κ1) is 16.4. The number of nitrogens with one attached hydrogen (secondary N) is 1. The molecule has 1 atom stereocenters. The van der Waals surface area contributed by atoms with Gasteiger partial charge < -0.3 is 5.32 Å². The van der Waals surface area contributed by atoms with E-state index in [0.29, 0.717) is 11.5 Å². The number of aromatic nitrogens is 3. The van der Waals surface area contributed by atoms with E-state index in [0.717, 1.165) is 12.0 Å². The van der Waals surface area contributed by atoms with Crippen LogP contribution < -0.4 is 5.32 Å². The third-order valence-corrected chi connectivity index (χ3v) is 5.20. The van der Waals surface area contributed by atoms with Crippen molar-refractivity contribution in [3.63, 3.8) is 0 Å². The van der Waals surface area contributed by atoms with Crippen LogP contribution in [0.15, 0.2) is 60.9 Å². The number of nitrogens with zero attached hydrogens (tertiary/aromatic N) is 3. The Morgan fingerprint density at radius 2 is 1.92 bits per heavy atom. The summed E-state index contributed by atoms with van der Waals surface area (Å²) < 4.78 is 14.8. The minimum atomic E-state index is -0.577. The smallest absolute Gasteiger partial charge is 0.236 e. The first-order valence-corrected chi connectivity index (χ1v) is 8.47. The van der Waals surface area contributed by atoms with Crippen LogP contribution in [0.3, 0.4) is 0 Å². The maximum absolute atomic E-state index is 13.3. The molecule has 3 aromatic rings. The van der Waals surface area contributed by atoms with Gasteiger partial charge in [-0.05, 0) is 23.5 Å². The van der Waals surface area contributed by atoms with Gasteiger partial charge in [-0.3, -0.25) is 4.79 Å². The van der Waals surface area contributed by atoms with Gasteiger partial charge in [-0.2, -0.15) is 9.49 Å². The maximum atomic E-state index is 13.3. The fourth-order valence-corrected chi connectivity index (χ4v) is 3.65. The third kappa shape index (κ3) is 2.58. The number of rotatable bonds is 4. The van der Waals surface area contributed by atoms with Gasteiger partial charge in [-0.15, -0.1) is 0 Å². The van der Waals surface area contributed by atoms with Crippen molar-refractivity contribution in [2.75, 3.05) is 5.32 Å². The summed E-state index contributed by atoms with van der Waals surface area (Å²) in [4.78, 5) is 16.6. The number of hydrogen-bond donors (Lipinski definition) is 1. The van der Waals surface area contributed by atoms with E-state index in [1.54, 1.807) is 18.3 Å². The largest absolute Gasteiger partial charge is 0.308 e. The monoisotopic (exact) mass is 350 g/mol. The molecule has 1 aliphatic rings. The van der Waals surface area contributed by atoms with Gasteiger partial charge in [0.25, 0.3) is 0 Å². The number of carbonyl (C=O) groups is 1. The summed E-state index contributed by atoms with van der Waals surface area (Å²) in [7, 11) is 0. The predicted octanol–water partition coefficient (Wildman–Crippen LogP) is 3.71. The van der Waals surface area contributed by atoms with Gasteiger partial charge in [0.15, 0.2) is 5.82 Å². The molecule has 1 N–H and O–H groups in total. The summed E-state index contributed by atoms with van der Waals surface area (Å²) >= 11 is 0. The Kier molecular flexibility index (Phi) is 3.64. The van der Waals surface area contributed by atoms with Crippen molar-refractivity contribution >= 4 is 11.7 Å². The predicted molar refractivity (Wildman–Crippen MR) is 96.5 cm³/mol. The Balaban J connectivity index is 1.59. The normalized spacial score (nSPS) is 20.6. The molecule has 1 aliphatic carbocycles. The van der Waals surface area contributed by atoms with Gasteiger partial charge >= 0.3 is 0 Å². The van der Waals surface area contributed by atoms with Crippen LogP contribution in [0.1, 0.15) is 25.8 Å². The molecular weight excluding hydrogens is 331 g/mol. The molecule has 2 heterocycles. The highest BCUT2D eigenvalue weighted by molar-refractivity contribution is 6.02. The first-order valence-electron chi connectivity index (χ1n) is 8.47. The molecule has 0 radical (unpaired) electrons. The van der Waals surface area contributed by atoms with Crippen LogP contribution in [-0.4, -0.2) is 20.7 Å². The molecule has 0 bridgehead atoms. The maximum Gasteiger partial charge on any atom is 0.236 e. The van der Waals surface area contributed by atoms with E-state index in [2.05, 4.69) is 29.2 Å². The Labute approximate surface area is 150 Å². The molecule has 26 heavy (non-hydrogen) atoms. The molecular formula is C20H19FN4O. The lowest BCUT2D eigenvalue weighted by Gasteiger charge is -2.20. The Morgan fingerprint density at radius 1 is 1.19 bits per heavy atom. The van der Waals surface area contributed by atoms with Crippen molar-refractivity contribution in [1.29, 1.82) is 0 Å². The van der Waals surface area contributed by atoms with Crippen molar-refractivity contribution in [3.05, 3.63) is 72.4 Å². The lowest BCUT2D eigenvalue weighted by Crippen LogP contribution is -2.32. The van der Waals surface area contributed by atoms with Gasteiger partial charge in [0.1, 0.15) is 0 Å². The summed E-state index contributed by atoms with van der Waals surface area (Å²) in [5.41, 5.74) is 0.886. The van der Waals surface area contributed by atoms with Crippen molar-refractivity contribution in [2.45, 2.75) is 25.7 Å².